The van der Waals surface area contributed by atoms with Crippen LogP contribution in [0.2, 0.25) is 5.02 Å². The molecule has 6 heteroatoms. The normalized spacial score (nSPS) is 13.6. The van der Waals surface area contributed by atoms with Crippen LogP contribution in [0.25, 0.3) is 6.08 Å². The van der Waals surface area contributed by atoms with Crippen LogP contribution in [-0.4, -0.2) is 26.2 Å². The Labute approximate surface area is 115 Å². The lowest BCUT2D eigenvalue weighted by Crippen LogP contribution is -2.19. The average Bonchev–Trinajstić information content (AvgIpc) is 2.44. The summed E-state index contributed by atoms with van der Waals surface area (Å²) in [7, 11) is 1.46. The largest absolute Gasteiger partial charge is 0.486 e. The molecular formula is C13H11ClN2O3. The zero-order valence-electron chi connectivity index (χ0n) is 10.2. The van der Waals surface area contributed by atoms with E-state index >= 15 is 0 Å². The van der Waals surface area contributed by atoms with Gasteiger partial charge in [0.05, 0.1) is 5.02 Å². The quantitative estimate of drug-likeness (QED) is 0.661. The first-order chi connectivity index (χ1) is 9.15. The molecule has 1 aromatic rings. The van der Waals surface area contributed by atoms with Gasteiger partial charge in [-0.1, -0.05) is 11.6 Å². The molecule has 0 saturated heterocycles. The SMILES string of the molecule is CNC(=O)C(C#N)=Cc1cc(Cl)c2c(c1)OCCO2. The average molecular weight is 279 g/mol. The lowest BCUT2D eigenvalue weighted by atomic mass is 10.1. The van der Waals surface area contributed by atoms with Gasteiger partial charge >= 0.3 is 0 Å². The number of carbonyl (C=O) groups is 1. The van der Waals surface area contributed by atoms with Gasteiger partial charge in [0.25, 0.3) is 5.91 Å². The molecular weight excluding hydrogens is 268 g/mol. The Balaban J connectivity index is 2.41. The molecule has 0 bridgehead atoms. The zero-order valence-corrected chi connectivity index (χ0v) is 11.0. The van der Waals surface area contributed by atoms with Gasteiger partial charge in [0, 0.05) is 7.05 Å². The third-order valence-corrected chi connectivity index (χ3v) is 2.80. The highest BCUT2D eigenvalue weighted by molar-refractivity contribution is 6.32. The summed E-state index contributed by atoms with van der Waals surface area (Å²) in [5.41, 5.74) is 0.602. The molecule has 0 spiro atoms. The maximum atomic E-state index is 11.4. The van der Waals surface area contributed by atoms with E-state index in [1.165, 1.54) is 13.1 Å². The van der Waals surface area contributed by atoms with E-state index in [9.17, 15) is 4.79 Å². The molecule has 0 atom stereocenters. The Hall–Kier alpha value is -2.19. The monoisotopic (exact) mass is 278 g/mol. The molecule has 0 fully saturated rings. The van der Waals surface area contributed by atoms with Crippen LogP contribution < -0.4 is 14.8 Å². The maximum Gasteiger partial charge on any atom is 0.261 e. The summed E-state index contributed by atoms with van der Waals surface area (Å²) >= 11 is 6.07. The van der Waals surface area contributed by atoms with Gasteiger partial charge in [0.2, 0.25) is 0 Å². The maximum absolute atomic E-state index is 11.4. The van der Waals surface area contributed by atoms with E-state index in [-0.39, 0.29) is 5.57 Å². The summed E-state index contributed by atoms with van der Waals surface area (Å²) in [6.07, 6.45) is 1.45. The highest BCUT2D eigenvalue weighted by atomic mass is 35.5. The van der Waals surface area contributed by atoms with Crippen molar-refractivity contribution in [3.8, 4) is 17.6 Å². The minimum atomic E-state index is -0.450. The fourth-order valence-electron chi connectivity index (χ4n) is 1.66. The number of fused-ring (bicyclic) bond motifs is 1. The first-order valence-corrected chi connectivity index (χ1v) is 5.96. The van der Waals surface area contributed by atoms with Crippen LogP contribution in [0.15, 0.2) is 17.7 Å². The Bertz CT molecular complexity index is 590. The van der Waals surface area contributed by atoms with Crippen molar-refractivity contribution in [3.05, 3.63) is 28.3 Å². The number of likely N-dealkylation sites (N-methyl/N-ethyl adjacent to an activating group) is 1. The molecule has 0 unspecified atom stereocenters. The van der Waals surface area contributed by atoms with Gasteiger partial charge in [0.15, 0.2) is 11.5 Å². The first-order valence-electron chi connectivity index (χ1n) is 5.58. The van der Waals surface area contributed by atoms with Crippen molar-refractivity contribution in [1.29, 1.82) is 5.26 Å². The van der Waals surface area contributed by atoms with Crippen LogP contribution >= 0.6 is 11.6 Å². The Morgan fingerprint density at radius 1 is 1.47 bits per heavy atom. The minimum Gasteiger partial charge on any atom is -0.486 e. The number of nitrogens with one attached hydrogen (secondary N) is 1. The number of hydrogen-bond donors (Lipinski definition) is 1. The van der Waals surface area contributed by atoms with E-state index in [1.54, 1.807) is 12.1 Å². The highest BCUT2D eigenvalue weighted by Crippen LogP contribution is 2.38. The summed E-state index contributed by atoms with van der Waals surface area (Å²) in [6, 6.07) is 5.14. The summed E-state index contributed by atoms with van der Waals surface area (Å²) in [6.45, 7) is 0.890. The summed E-state index contributed by atoms with van der Waals surface area (Å²) < 4.78 is 10.8. The van der Waals surface area contributed by atoms with E-state index < -0.39 is 5.91 Å². The Morgan fingerprint density at radius 2 is 2.21 bits per heavy atom. The number of amides is 1. The Morgan fingerprint density at radius 3 is 2.89 bits per heavy atom. The van der Waals surface area contributed by atoms with Crippen LogP contribution in [0, 0.1) is 11.3 Å². The van der Waals surface area contributed by atoms with Gasteiger partial charge in [-0.25, -0.2) is 0 Å². The molecule has 2 rings (SSSR count). The predicted octanol–water partition coefficient (Wildman–Crippen LogP) is 1.76. The lowest BCUT2D eigenvalue weighted by Gasteiger charge is -2.19. The van der Waals surface area contributed by atoms with Crippen molar-refractivity contribution in [2.45, 2.75) is 0 Å². The number of carbonyl (C=O) groups excluding carboxylic acids is 1. The van der Waals surface area contributed by atoms with Gasteiger partial charge in [-0.2, -0.15) is 5.26 Å². The van der Waals surface area contributed by atoms with Crippen molar-refractivity contribution < 1.29 is 14.3 Å². The van der Waals surface area contributed by atoms with Gasteiger partial charge in [0.1, 0.15) is 24.9 Å². The molecule has 0 aliphatic carbocycles. The fourth-order valence-corrected chi connectivity index (χ4v) is 1.94. The molecule has 1 amide bonds. The number of ether oxygens (including phenoxy) is 2. The molecule has 1 aliphatic heterocycles. The molecule has 1 heterocycles. The van der Waals surface area contributed by atoms with Crippen LogP contribution in [0.1, 0.15) is 5.56 Å². The first kappa shape index (κ1) is 13.2. The summed E-state index contributed by atoms with van der Waals surface area (Å²) in [5.74, 6) is 0.552. The second kappa shape index (κ2) is 5.63. The molecule has 1 aliphatic rings. The minimum absolute atomic E-state index is 0.00440. The second-order valence-corrected chi connectivity index (χ2v) is 4.18. The number of rotatable bonds is 2. The summed E-state index contributed by atoms with van der Waals surface area (Å²) in [5, 5.41) is 11.7. The van der Waals surface area contributed by atoms with Gasteiger partial charge < -0.3 is 14.8 Å². The molecule has 0 saturated carbocycles. The Kier molecular flexibility index (Phi) is 3.93. The van der Waals surface area contributed by atoms with Crippen LogP contribution in [0.5, 0.6) is 11.5 Å². The van der Waals surface area contributed by atoms with E-state index in [0.717, 1.165) is 0 Å². The molecule has 1 N–H and O–H groups in total. The van der Waals surface area contributed by atoms with E-state index in [4.69, 9.17) is 26.3 Å². The molecule has 0 radical (unpaired) electrons. The molecule has 0 aromatic heterocycles. The van der Waals surface area contributed by atoms with Crippen molar-refractivity contribution in [3.63, 3.8) is 0 Å². The van der Waals surface area contributed by atoms with Crippen LogP contribution in [0.4, 0.5) is 0 Å². The molecule has 98 valence electrons. The third kappa shape index (κ3) is 2.80. The van der Waals surface area contributed by atoms with Crippen LogP contribution in [0.3, 0.4) is 0 Å². The van der Waals surface area contributed by atoms with E-state index in [0.29, 0.717) is 35.3 Å². The van der Waals surface area contributed by atoms with Crippen LogP contribution in [-0.2, 0) is 4.79 Å². The molecule has 1 aromatic carbocycles. The van der Waals surface area contributed by atoms with Crippen molar-refractivity contribution in [2.24, 2.45) is 0 Å². The molecule has 5 nitrogen and oxygen atoms in total. The summed E-state index contributed by atoms with van der Waals surface area (Å²) in [4.78, 5) is 11.4. The van der Waals surface area contributed by atoms with Crippen molar-refractivity contribution in [2.75, 3.05) is 20.3 Å². The number of halogens is 1. The fraction of sp³-hybridized carbons (Fsp3) is 0.231. The van der Waals surface area contributed by atoms with Gasteiger partial charge in [-0.05, 0) is 23.8 Å². The second-order valence-electron chi connectivity index (χ2n) is 3.78. The van der Waals surface area contributed by atoms with Crippen molar-refractivity contribution in [1.82, 2.24) is 5.32 Å². The highest BCUT2D eigenvalue weighted by Gasteiger charge is 2.16. The number of nitrogens with zero attached hydrogens (tertiary/aromatic N) is 1. The smallest absolute Gasteiger partial charge is 0.261 e. The zero-order chi connectivity index (χ0) is 13.8. The standard InChI is InChI=1S/C13H11ClN2O3/c1-16-13(17)9(7-15)4-8-5-10(14)12-11(6-8)18-2-3-19-12/h4-6H,2-3H2,1H3,(H,16,17). The topological polar surface area (TPSA) is 71.4 Å². The number of hydrogen-bond acceptors (Lipinski definition) is 4. The van der Waals surface area contributed by atoms with E-state index in [1.807, 2.05) is 6.07 Å². The van der Waals surface area contributed by atoms with Gasteiger partial charge in [-0.3, -0.25) is 4.79 Å². The predicted molar refractivity (Wildman–Crippen MR) is 70.1 cm³/mol. The van der Waals surface area contributed by atoms with Crippen molar-refractivity contribution >= 4 is 23.6 Å². The molecule has 19 heavy (non-hydrogen) atoms. The number of nitriles is 1. The van der Waals surface area contributed by atoms with Gasteiger partial charge in [-0.15, -0.1) is 0 Å². The number of benzene rings is 1. The van der Waals surface area contributed by atoms with E-state index in [2.05, 4.69) is 5.32 Å². The lowest BCUT2D eigenvalue weighted by molar-refractivity contribution is -0.116. The third-order valence-electron chi connectivity index (χ3n) is 2.52.